The fourth-order valence-electron chi connectivity index (χ4n) is 1.27. The lowest BCUT2D eigenvalue weighted by Crippen LogP contribution is -2.10. The molecule has 2 nitrogen and oxygen atoms in total. The van der Waals surface area contributed by atoms with Crippen LogP contribution in [0.25, 0.3) is 0 Å². The van der Waals surface area contributed by atoms with E-state index in [2.05, 4.69) is 44.8 Å². The van der Waals surface area contributed by atoms with Crippen LogP contribution in [-0.4, -0.2) is 19.1 Å². The van der Waals surface area contributed by atoms with Crippen LogP contribution < -0.4 is 4.90 Å². The number of H-pyrrole nitrogens is 1. The number of rotatable bonds is 1. The number of anilines is 1. The van der Waals surface area contributed by atoms with Gasteiger partial charge in [-0.1, -0.05) is 0 Å². The van der Waals surface area contributed by atoms with Crippen molar-refractivity contribution in [1.82, 2.24) is 4.98 Å². The number of hydrogen-bond acceptors (Lipinski definition) is 1. The number of aromatic nitrogens is 1. The van der Waals surface area contributed by atoms with Crippen LogP contribution in [0.1, 0.15) is 16.8 Å². The smallest absolute Gasteiger partial charge is 0.108 e. The van der Waals surface area contributed by atoms with E-state index in [1.807, 2.05) is 0 Å². The summed E-state index contributed by atoms with van der Waals surface area (Å²) < 4.78 is 0. The molecule has 1 aromatic rings. The molecule has 1 heterocycles. The molecule has 1 rings (SSSR count). The number of nitrogens with one attached hydrogen (secondary N) is 1. The molecule has 0 saturated heterocycles. The molecule has 0 aliphatic rings. The summed E-state index contributed by atoms with van der Waals surface area (Å²) in [5.41, 5.74) is 3.99. The van der Waals surface area contributed by atoms with E-state index in [9.17, 15) is 0 Å². The van der Waals surface area contributed by atoms with Gasteiger partial charge in [-0.2, -0.15) is 0 Å². The van der Waals surface area contributed by atoms with E-state index >= 15 is 0 Å². The predicted octanol–water partition coefficient (Wildman–Crippen LogP) is 2.01. The molecule has 11 heavy (non-hydrogen) atoms. The van der Waals surface area contributed by atoms with Gasteiger partial charge in [0, 0.05) is 19.8 Å². The average molecular weight is 152 g/mol. The summed E-state index contributed by atoms with van der Waals surface area (Å²) in [5, 5.41) is 0. The zero-order valence-electron chi connectivity index (χ0n) is 7.95. The number of nitrogens with zero attached hydrogens (tertiary/aromatic N) is 1. The summed E-state index contributed by atoms with van der Waals surface area (Å²) in [6.07, 6.45) is 0. The third kappa shape index (κ3) is 1.25. The van der Waals surface area contributed by atoms with Crippen molar-refractivity contribution in [2.75, 3.05) is 19.0 Å². The minimum atomic E-state index is 1.22. The van der Waals surface area contributed by atoms with Gasteiger partial charge in [-0.05, 0) is 31.9 Å². The van der Waals surface area contributed by atoms with Gasteiger partial charge in [0.2, 0.25) is 0 Å². The van der Waals surface area contributed by atoms with Crippen molar-refractivity contribution in [1.29, 1.82) is 0 Å². The third-order valence-corrected chi connectivity index (χ3v) is 2.23. The van der Waals surface area contributed by atoms with Crippen molar-refractivity contribution >= 4 is 5.82 Å². The van der Waals surface area contributed by atoms with Crippen molar-refractivity contribution in [3.8, 4) is 0 Å². The molecule has 1 N–H and O–H groups in total. The van der Waals surface area contributed by atoms with Crippen LogP contribution in [-0.2, 0) is 0 Å². The number of aromatic amines is 1. The van der Waals surface area contributed by atoms with Gasteiger partial charge in [-0.3, -0.25) is 0 Å². The molecule has 2 heteroatoms. The van der Waals surface area contributed by atoms with Gasteiger partial charge < -0.3 is 9.88 Å². The fourth-order valence-corrected chi connectivity index (χ4v) is 1.27. The van der Waals surface area contributed by atoms with Gasteiger partial charge in [0.1, 0.15) is 5.82 Å². The van der Waals surface area contributed by atoms with Crippen molar-refractivity contribution < 1.29 is 0 Å². The van der Waals surface area contributed by atoms with E-state index in [-0.39, 0.29) is 0 Å². The van der Waals surface area contributed by atoms with Crippen LogP contribution in [0.15, 0.2) is 0 Å². The van der Waals surface area contributed by atoms with Crippen molar-refractivity contribution in [3.63, 3.8) is 0 Å². The van der Waals surface area contributed by atoms with Crippen LogP contribution in [0, 0.1) is 20.8 Å². The number of hydrogen-bond donors (Lipinski definition) is 1. The third-order valence-electron chi connectivity index (χ3n) is 2.23. The second-order valence-corrected chi connectivity index (χ2v) is 3.24. The standard InChI is InChI=1S/C9H16N2/c1-6-7(2)9(11(4)5)10-8(6)3/h10H,1-5H3. The highest BCUT2D eigenvalue weighted by Gasteiger charge is 2.07. The Labute approximate surface area is 68.2 Å². The maximum absolute atomic E-state index is 3.34. The molecule has 0 atom stereocenters. The second kappa shape index (κ2) is 2.61. The minimum absolute atomic E-state index is 1.22. The van der Waals surface area contributed by atoms with E-state index in [1.54, 1.807) is 0 Å². The summed E-state index contributed by atoms with van der Waals surface area (Å²) in [6, 6.07) is 0. The summed E-state index contributed by atoms with van der Waals surface area (Å²) in [5.74, 6) is 1.22. The van der Waals surface area contributed by atoms with E-state index in [0.717, 1.165) is 0 Å². The summed E-state index contributed by atoms with van der Waals surface area (Å²) in [6.45, 7) is 6.40. The van der Waals surface area contributed by atoms with Crippen molar-refractivity contribution in [2.45, 2.75) is 20.8 Å². The van der Waals surface area contributed by atoms with Gasteiger partial charge in [0.05, 0.1) is 0 Å². The number of aryl methyl sites for hydroxylation is 1. The zero-order chi connectivity index (χ0) is 8.59. The lowest BCUT2D eigenvalue weighted by atomic mass is 10.2. The summed E-state index contributed by atoms with van der Waals surface area (Å²) in [4.78, 5) is 5.44. The molecule has 0 saturated carbocycles. The van der Waals surface area contributed by atoms with E-state index in [4.69, 9.17) is 0 Å². The normalized spacial score (nSPS) is 10.3. The predicted molar refractivity (Wildman–Crippen MR) is 49.3 cm³/mol. The highest BCUT2D eigenvalue weighted by atomic mass is 15.1. The summed E-state index contributed by atoms with van der Waals surface area (Å²) in [7, 11) is 4.11. The topological polar surface area (TPSA) is 19.0 Å². The first kappa shape index (κ1) is 8.18. The lowest BCUT2D eigenvalue weighted by molar-refractivity contribution is 1.06. The molecule has 62 valence electrons. The fraction of sp³-hybridized carbons (Fsp3) is 0.556. The molecule has 0 aliphatic carbocycles. The van der Waals surface area contributed by atoms with Gasteiger partial charge >= 0.3 is 0 Å². The zero-order valence-corrected chi connectivity index (χ0v) is 7.95. The molecule has 0 aromatic carbocycles. The Kier molecular flexibility index (Phi) is 1.94. The Morgan fingerprint density at radius 2 is 1.55 bits per heavy atom. The van der Waals surface area contributed by atoms with E-state index < -0.39 is 0 Å². The van der Waals surface area contributed by atoms with Crippen LogP contribution in [0.5, 0.6) is 0 Å². The molecule has 0 amide bonds. The molecule has 1 aromatic heterocycles. The molecular formula is C9H16N2. The first-order chi connectivity index (χ1) is 5.04. The summed E-state index contributed by atoms with van der Waals surface area (Å²) >= 11 is 0. The molecule has 0 spiro atoms. The molecule has 0 radical (unpaired) electrons. The molecular weight excluding hydrogens is 136 g/mol. The highest BCUT2D eigenvalue weighted by molar-refractivity contribution is 5.52. The van der Waals surface area contributed by atoms with Gasteiger partial charge in [0.25, 0.3) is 0 Å². The Morgan fingerprint density at radius 3 is 1.73 bits per heavy atom. The van der Waals surface area contributed by atoms with Crippen molar-refractivity contribution in [3.05, 3.63) is 16.8 Å². The lowest BCUT2D eigenvalue weighted by Gasteiger charge is -2.10. The molecule has 0 unspecified atom stereocenters. The molecule has 0 fully saturated rings. The van der Waals surface area contributed by atoms with Crippen LogP contribution in [0.2, 0.25) is 0 Å². The molecule has 0 bridgehead atoms. The van der Waals surface area contributed by atoms with Crippen LogP contribution >= 0.6 is 0 Å². The van der Waals surface area contributed by atoms with Crippen molar-refractivity contribution in [2.24, 2.45) is 0 Å². The average Bonchev–Trinajstić information content (AvgIpc) is 2.17. The van der Waals surface area contributed by atoms with Gasteiger partial charge in [-0.25, -0.2) is 0 Å². The largest absolute Gasteiger partial charge is 0.364 e. The Bertz CT molecular complexity index is 259. The minimum Gasteiger partial charge on any atom is -0.364 e. The second-order valence-electron chi connectivity index (χ2n) is 3.24. The Balaban J connectivity index is 3.19. The monoisotopic (exact) mass is 152 g/mol. The first-order valence-corrected chi connectivity index (χ1v) is 3.87. The highest BCUT2D eigenvalue weighted by Crippen LogP contribution is 2.22. The Morgan fingerprint density at radius 1 is 1.00 bits per heavy atom. The van der Waals surface area contributed by atoms with Gasteiger partial charge in [-0.15, -0.1) is 0 Å². The first-order valence-electron chi connectivity index (χ1n) is 3.87. The molecule has 0 aliphatic heterocycles. The Hall–Kier alpha value is -0.920. The maximum Gasteiger partial charge on any atom is 0.108 e. The van der Waals surface area contributed by atoms with E-state index in [1.165, 1.54) is 22.6 Å². The van der Waals surface area contributed by atoms with Crippen LogP contribution in [0.3, 0.4) is 0 Å². The van der Waals surface area contributed by atoms with E-state index in [0.29, 0.717) is 0 Å². The van der Waals surface area contributed by atoms with Crippen LogP contribution in [0.4, 0.5) is 5.82 Å². The maximum atomic E-state index is 3.34. The van der Waals surface area contributed by atoms with Gasteiger partial charge in [0.15, 0.2) is 0 Å². The SMILES string of the molecule is Cc1[nH]c(N(C)C)c(C)c1C. The quantitative estimate of drug-likeness (QED) is 0.652.